The first kappa shape index (κ1) is 23.1. The Hall–Kier alpha value is -1.61. The molecule has 8 heteroatoms. The first-order chi connectivity index (χ1) is 14.6. The predicted octanol–water partition coefficient (Wildman–Crippen LogP) is 3.42. The number of likely N-dealkylation sites (tertiary alicyclic amines) is 1. The van der Waals surface area contributed by atoms with Crippen LogP contribution in [0.1, 0.15) is 37.8 Å². The van der Waals surface area contributed by atoms with Crippen LogP contribution in [-0.2, 0) is 38.3 Å². The minimum atomic E-state index is -1.02. The van der Waals surface area contributed by atoms with Gasteiger partial charge >= 0.3 is 0 Å². The van der Waals surface area contributed by atoms with Gasteiger partial charge in [0.2, 0.25) is 0 Å². The van der Waals surface area contributed by atoms with E-state index >= 15 is 0 Å². The number of methoxy groups -OCH3 is 2. The number of hydrogen-bond acceptors (Lipinski definition) is 7. The maximum atomic E-state index is 13.3. The lowest BCUT2D eigenvalue weighted by molar-refractivity contribution is -0.229. The number of nitrogens with zero attached hydrogens (tertiary/aromatic N) is 2. The molecule has 0 aliphatic carbocycles. The molecule has 1 aliphatic heterocycles. The smallest absolute Gasteiger partial charge is 0.259 e. The summed E-state index contributed by atoms with van der Waals surface area (Å²) in [5.74, 6) is 2.62. The number of thioether (sulfide) groups is 1. The molecule has 0 saturated carbocycles. The van der Waals surface area contributed by atoms with E-state index in [2.05, 4.69) is 25.8 Å². The number of aromatic nitrogens is 1. The third-order valence-corrected chi connectivity index (χ3v) is 6.65. The highest BCUT2D eigenvalue weighted by atomic mass is 32.2. The van der Waals surface area contributed by atoms with Crippen LogP contribution in [0.5, 0.6) is 0 Å². The van der Waals surface area contributed by atoms with E-state index in [4.69, 9.17) is 18.6 Å². The zero-order chi connectivity index (χ0) is 21.7. The number of furan rings is 1. The van der Waals surface area contributed by atoms with Gasteiger partial charge in [-0.25, -0.2) is 0 Å². The Labute approximate surface area is 182 Å². The Balaban J connectivity index is 2.05. The maximum absolute atomic E-state index is 13.3. The van der Waals surface area contributed by atoms with Gasteiger partial charge in [-0.05, 0) is 18.2 Å². The van der Waals surface area contributed by atoms with E-state index in [1.807, 2.05) is 6.07 Å². The van der Waals surface area contributed by atoms with Crippen LogP contribution in [0, 0.1) is 0 Å². The SMILES string of the molecule is CCSC[C@@H]1N(COC)C(=O)[C@]1(Cc1nccc2oc(CC)c(CC)c12)OCOC. The lowest BCUT2D eigenvalue weighted by atomic mass is 9.78. The van der Waals surface area contributed by atoms with E-state index in [1.54, 1.807) is 37.1 Å². The molecule has 7 nitrogen and oxygen atoms in total. The molecule has 2 aromatic heterocycles. The Morgan fingerprint density at radius 3 is 2.67 bits per heavy atom. The molecular formula is C22H32N2O5S. The van der Waals surface area contributed by atoms with Crippen molar-refractivity contribution in [2.75, 3.05) is 39.2 Å². The van der Waals surface area contributed by atoms with Crippen molar-refractivity contribution in [1.82, 2.24) is 9.88 Å². The number of carbonyl (C=O) groups excluding carboxylic acids is 1. The van der Waals surface area contributed by atoms with Crippen molar-refractivity contribution in [3.63, 3.8) is 0 Å². The average Bonchev–Trinajstić information content (AvgIpc) is 3.14. The number of ether oxygens (including phenoxy) is 3. The predicted molar refractivity (Wildman–Crippen MR) is 118 cm³/mol. The molecular weight excluding hydrogens is 404 g/mol. The van der Waals surface area contributed by atoms with E-state index in [0.717, 1.165) is 52.3 Å². The van der Waals surface area contributed by atoms with Crippen molar-refractivity contribution in [3.05, 3.63) is 29.3 Å². The highest BCUT2D eigenvalue weighted by Gasteiger charge is 2.62. The van der Waals surface area contributed by atoms with Gasteiger partial charge in [0.25, 0.3) is 5.91 Å². The van der Waals surface area contributed by atoms with Crippen molar-refractivity contribution in [3.8, 4) is 0 Å². The third kappa shape index (κ3) is 3.98. The summed E-state index contributed by atoms with van der Waals surface area (Å²) in [6, 6.07) is 1.77. The molecule has 2 aromatic rings. The van der Waals surface area contributed by atoms with E-state index in [9.17, 15) is 4.79 Å². The van der Waals surface area contributed by atoms with Crippen LogP contribution in [0.25, 0.3) is 11.0 Å². The molecule has 1 amide bonds. The molecule has 2 atom stereocenters. The van der Waals surface area contributed by atoms with Crippen molar-refractivity contribution in [1.29, 1.82) is 0 Å². The van der Waals surface area contributed by atoms with Gasteiger partial charge in [0.15, 0.2) is 5.60 Å². The molecule has 3 rings (SSSR count). The average molecular weight is 437 g/mol. The maximum Gasteiger partial charge on any atom is 0.259 e. The summed E-state index contributed by atoms with van der Waals surface area (Å²) < 4.78 is 22.7. The lowest BCUT2D eigenvalue weighted by Gasteiger charge is -2.54. The second kappa shape index (κ2) is 10.1. The minimum Gasteiger partial charge on any atom is -0.461 e. The van der Waals surface area contributed by atoms with Gasteiger partial charge in [-0.3, -0.25) is 9.78 Å². The van der Waals surface area contributed by atoms with Gasteiger partial charge in [0, 0.05) is 50.0 Å². The number of carbonyl (C=O) groups is 1. The number of amides is 1. The van der Waals surface area contributed by atoms with Crippen molar-refractivity contribution in [2.45, 2.75) is 51.7 Å². The van der Waals surface area contributed by atoms with Gasteiger partial charge < -0.3 is 23.5 Å². The van der Waals surface area contributed by atoms with Gasteiger partial charge in [-0.15, -0.1) is 0 Å². The normalized spacial score (nSPS) is 21.4. The first-order valence-corrected chi connectivity index (χ1v) is 11.6. The fraction of sp³-hybridized carbons (Fsp3) is 0.636. The monoisotopic (exact) mass is 436 g/mol. The zero-order valence-corrected chi connectivity index (χ0v) is 19.3. The number of pyridine rings is 1. The summed E-state index contributed by atoms with van der Waals surface area (Å²) in [4.78, 5) is 19.7. The molecule has 0 bridgehead atoms. The summed E-state index contributed by atoms with van der Waals surface area (Å²) in [6.07, 6.45) is 3.78. The van der Waals surface area contributed by atoms with E-state index in [1.165, 1.54) is 0 Å². The Morgan fingerprint density at radius 1 is 1.23 bits per heavy atom. The number of hydrogen-bond donors (Lipinski definition) is 0. The largest absolute Gasteiger partial charge is 0.461 e. The molecule has 166 valence electrons. The van der Waals surface area contributed by atoms with Gasteiger partial charge in [-0.1, -0.05) is 20.8 Å². The summed E-state index contributed by atoms with van der Waals surface area (Å²) in [7, 11) is 3.16. The molecule has 0 unspecified atom stereocenters. The molecule has 3 heterocycles. The summed E-state index contributed by atoms with van der Waals surface area (Å²) in [5.41, 5.74) is 1.79. The van der Waals surface area contributed by atoms with Gasteiger partial charge in [0.05, 0.1) is 11.7 Å². The molecule has 1 saturated heterocycles. The number of β-lactam (4-membered cyclic amide) rings is 1. The van der Waals surface area contributed by atoms with Gasteiger partial charge in [0.1, 0.15) is 24.9 Å². The van der Waals surface area contributed by atoms with E-state index in [0.29, 0.717) is 6.42 Å². The van der Waals surface area contributed by atoms with Crippen LogP contribution in [0.4, 0.5) is 0 Å². The fourth-order valence-corrected chi connectivity index (χ4v) is 5.20. The lowest BCUT2D eigenvalue weighted by Crippen LogP contribution is -2.77. The summed E-state index contributed by atoms with van der Waals surface area (Å²) in [5, 5.41) is 1.01. The standard InChI is InChI=1S/C22H32N2O5S/c1-6-15-17(7-2)29-18-9-10-23-16(20(15)18)11-22(28-14-27-5)19(12-30-8-3)24(13-26-4)21(22)25/h9-10,19H,6-8,11-14H2,1-5H3/t19-,22+/m0/s1. The van der Waals surface area contributed by atoms with Crippen LogP contribution < -0.4 is 0 Å². The van der Waals surface area contributed by atoms with E-state index < -0.39 is 5.60 Å². The number of fused-ring (bicyclic) bond motifs is 1. The Kier molecular flexibility index (Phi) is 7.79. The molecule has 1 aliphatic rings. The van der Waals surface area contributed by atoms with Crippen molar-refractivity contribution in [2.24, 2.45) is 0 Å². The van der Waals surface area contributed by atoms with E-state index in [-0.39, 0.29) is 25.5 Å². The number of rotatable bonds is 12. The minimum absolute atomic E-state index is 0.0437. The highest BCUT2D eigenvalue weighted by molar-refractivity contribution is 7.99. The number of aryl methyl sites for hydroxylation is 2. The van der Waals surface area contributed by atoms with Crippen LogP contribution in [0.15, 0.2) is 16.7 Å². The quantitative estimate of drug-likeness (QED) is 0.373. The summed E-state index contributed by atoms with van der Waals surface area (Å²) >= 11 is 1.78. The van der Waals surface area contributed by atoms with Crippen molar-refractivity contribution >= 4 is 28.6 Å². The second-order valence-electron chi connectivity index (χ2n) is 7.33. The van der Waals surface area contributed by atoms with Crippen LogP contribution >= 0.6 is 11.8 Å². The summed E-state index contributed by atoms with van der Waals surface area (Å²) in [6.45, 7) is 6.60. The van der Waals surface area contributed by atoms with Crippen LogP contribution in [0.2, 0.25) is 0 Å². The van der Waals surface area contributed by atoms with Crippen molar-refractivity contribution < 1.29 is 23.4 Å². The van der Waals surface area contributed by atoms with Crippen LogP contribution in [-0.4, -0.2) is 66.7 Å². The topological polar surface area (TPSA) is 74.0 Å². The Morgan fingerprint density at radius 2 is 2.03 bits per heavy atom. The third-order valence-electron chi connectivity index (χ3n) is 5.69. The molecule has 30 heavy (non-hydrogen) atoms. The zero-order valence-electron chi connectivity index (χ0n) is 18.5. The van der Waals surface area contributed by atoms with Gasteiger partial charge in [-0.2, -0.15) is 11.8 Å². The molecule has 0 N–H and O–H groups in total. The highest BCUT2D eigenvalue weighted by Crippen LogP contribution is 2.41. The first-order valence-electron chi connectivity index (χ1n) is 10.5. The second-order valence-corrected chi connectivity index (χ2v) is 8.65. The molecule has 0 spiro atoms. The molecule has 0 aromatic carbocycles. The Bertz CT molecular complexity index is 871. The molecule has 0 radical (unpaired) electrons. The molecule has 1 fully saturated rings. The fourth-order valence-electron chi connectivity index (χ4n) is 4.29. The van der Waals surface area contributed by atoms with Crippen LogP contribution in [0.3, 0.4) is 0 Å².